The summed E-state index contributed by atoms with van der Waals surface area (Å²) in [4.78, 5) is 14.8. The van der Waals surface area contributed by atoms with E-state index in [0.29, 0.717) is 11.8 Å². The van der Waals surface area contributed by atoms with Gasteiger partial charge in [0.15, 0.2) is 0 Å². The number of nitrogens with one attached hydrogen (secondary N) is 1. The lowest BCUT2D eigenvalue weighted by atomic mass is 9.87. The van der Waals surface area contributed by atoms with E-state index in [2.05, 4.69) is 54.4 Å². The smallest absolute Gasteiger partial charge is 0.251 e. The van der Waals surface area contributed by atoms with Gasteiger partial charge in [-0.1, -0.05) is 42.0 Å². The molecule has 3 nitrogen and oxygen atoms in total. The first-order valence-corrected chi connectivity index (χ1v) is 8.77. The quantitative estimate of drug-likeness (QED) is 0.921. The highest BCUT2D eigenvalue weighted by Crippen LogP contribution is 2.36. The minimum atomic E-state index is 0.0842. The van der Waals surface area contributed by atoms with Crippen molar-refractivity contribution < 1.29 is 4.79 Å². The number of nitrogens with zero attached hydrogens (tertiary/aromatic N) is 1. The first-order valence-electron chi connectivity index (χ1n) is 8.77. The van der Waals surface area contributed by atoms with Crippen LogP contribution in [-0.4, -0.2) is 30.4 Å². The second kappa shape index (κ2) is 6.06. The average Bonchev–Trinajstić information content (AvgIpc) is 2.92. The van der Waals surface area contributed by atoms with E-state index in [9.17, 15) is 4.79 Å². The van der Waals surface area contributed by atoms with Crippen LogP contribution in [0.3, 0.4) is 0 Å². The van der Waals surface area contributed by atoms with E-state index in [1.165, 1.54) is 22.3 Å². The lowest BCUT2D eigenvalue weighted by molar-refractivity contribution is 0.0951. The van der Waals surface area contributed by atoms with E-state index in [1.807, 2.05) is 12.1 Å². The molecule has 2 aromatic carbocycles. The van der Waals surface area contributed by atoms with Crippen LogP contribution in [0, 0.1) is 19.8 Å². The molecule has 124 valence electrons. The lowest BCUT2D eigenvalue weighted by Crippen LogP contribution is -2.29. The van der Waals surface area contributed by atoms with Crippen molar-refractivity contribution >= 4 is 5.91 Å². The summed E-state index contributed by atoms with van der Waals surface area (Å²) in [5.74, 6) is 1.04. The zero-order valence-corrected chi connectivity index (χ0v) is 14.4. The molecule has 1 saturated heterocycles. The summed E-state index contributed by atoms with van der Waals surface area (Å²) in [7, 11) is 0. The first-order chi connectivity index (χ1) is 11.6. The molecule has 0 radical (unpaired) electrons. The molecule has 0 saturated carbocycles. The van der Waals surface area contributed by atoms with Crippen molar-refractivity contribution in [3.63, 3.8) is 0 Å². The number of hydrogen-bond acceptors (Lipinski definition) is 2. The van der Waals surface area contributed by atoms with Crippen molar-refractivity contribution in [2.45, 2.75) is 26.3 Å². The Morgan fingerprint density at radius 2 is 1.96 bits per heavy atom. The van der Waals surface area contributed by atoms with Crippen LogP contribution in [0.15, 0.2) is 42.5 Å². The highest BCUT2D eigenvalue weighted by Gasteiger charge is 2.37. The molecule has 2 atom stereocenters. The summed E-state index contributed by atoms with van der Waals surface area (Å²) in [5.41, 5.74) is 6.18. The largest absolute Gasteiger partial charge is 0.352 e. The van der Waals surface area contributed by atoms with Crippen molar-refractivity contribution in [2.24, 2.45) is 5.92 Å². The van der Waals surface area contributed by atoms with E-state index in [1.54, 1.807) is 0 Å². The van der Waals surface area contributed by atoms with Crippen molar-refractivity contribution in [3.05, 3.63) is 70.3 Å². The van der Waals surface area contributed by atoms with Gasteiger partial charge >= 0.3 is 0 Å². The van der Waals surface area contributed by atoms with Gasteiger partial charge in [-0.3, -0.25) is 9.69 Å². The third-order valence-electron chi connectivity index (χ3n) is 5.54. The molecule has 1 N–H and O–H groups in total. The molecule has 3 heteroatoms. The summed E-state index contributed by atoms with van der Waals surface area (Å²) in [6.45, 7) is 8.20. The van der Waals surface area contributed by atoms with Gasteiger partial charge in [-0.15, -0.1) is 0 Å². The predicted octanol–water partition coefficient (Wildman–Crippen LogP) is 3.26. The lowest BCUT2D eigenvalue weighted by Gasteiger charge is -2.18. The maximum atomic E-state index is 12.3. The Balaban J connectivity index is 1.58. The maximum absolute atomic E-state index is 12.3. The number of carbonyl (C=O) groups is 1. The van der Waals surface area contributed by atoms with E-state index >= 15 is 0 Å². The van der Waals surface area contributed by atoms with Crippen LogP contribution in [-0.2, 0) is 6.54 Å². The molecule has 1 fully saturated rings. The SMILES string of the molecule is Cc1ccc(CN2C[C@H]3CNC(=O)c4ccccc4[C@@H]3C2)c(C)c1. The Labute approximate surface area is 143 Å². The number of hydrogen-bond donors (Lipinski definition) is 1. The summed E-state index contributed by atoms with van der Waals surface area (Å²) >= 11 is 0. The van der Waals surface area contributed by atoms with Gasteiger partial charge in [-0.25, -0.2) is 0 Å². The molecule has 2 aromatic rings. The molecule has 2 aliphatic rings. The van der Waals surface area contributed by atoms with Crippen LogP contribution in [0.4, 0.5) is 0 Å². The topological polar surface area (TPSA) is 32.3 Å². The summed E-state index contributed by atoms with van der Waals surface area (Å²) < 4.78 is 0. The fourth-order valence-electron chi connectivity index (χ4n) is 4.26. The zero-order valence-electron chi connectivity index (χ0n) is 14.4. The van der Waals surface area contributed by atoms with E-state index in [-0.39, 0.29) is 5.91 Å². The minimum absolute atomic E-state index is 0.0842. The monoisotopic (exact) mass is 320 g/mol. The van der Waals surface area contributed by atoms with Crippen LogP contribution < -0.4 is 5.32 Å². The molecule has 0 unspecified atom stereocenters. The van der Waals surface area contributed by atoms with Crippen LogP contribution in [0.2, 0.25) is 0 Å². The number of carbonyl (C=O) groups excluding carboxylic acids is 1. The molecular formula is C21H24N2O. The second-order valence-electron chi connectivity index (χ2n) is 7.29. The Hall–Kier alpha value is -2.13. The molecule has 0 aliphatic carbocycles. The highest BCUT2D eigenvalue weighted by molar-refractivity contribution is 5.96. The first kappa shape index (κ1) is 15.4. The number of benzene rings is 2. The van der Waals surface area contributed by atoms with Gasteiger partial charge in [0.25, 0.3) is 5.91 Å². The van der Waals surface area contributed by atoms with E-state index in [0.717, 1.165) is 31.7 Å². The molecule has 24 heavy (non-hydrogen) atoms. The number of aryl methyl sites for hydroxylation is 2. The van der Waals surface area contributed by atoms with Gasteiger partial charge in [0.05, 0.1) is 0 Å². The Morgan fingerprint density at radius 3 is 2.79 bits per heavy atom. The summed E-state index contributed by atoms with van der Waals surface area (Å²) in [6, 6.07) is 14.8. The fraction of sp³-hybridized carbons (Fsp3) is 0.381. The predicted molar refractivity (Wildman–Crippen MR) is 96.2 cm³/mol. The van der Waals surface area contributed by atoms with Crippen LogP contribution in [0.25, 0.3) is 0 Å². The molecule has 0 aromatic heterocycles. The maximum Gasteiger partial charge on any atom is 0.251 e. The fourth-order valence-corrected chi connectivity index (χ4v) is 4.26. The standard InChI is InChI=1S/C21H24N2O/c1-14-7-8-16(15(2)9-14)11-23-12-17-10-22-21(24)19-6-4-3-5-18(19)20(17)13-23/h3-9,17,20H,10-13H2,1-2H3,(H,22,24)/t17-,20-/m1/s1. The van der Waals surface area contributed by atoms with Gasteiger partial charge in [-0.2, -0.15) is 0 Å². The van der Waals surface area contributed by atoms with Crippen LogP contribution in [0.5, 0.6) is 0 Å². The zero-order chi connectivity index (χ0) is 16.7. The average molecular weight is 320 g/mol. The molecule has 2 heterocycles. The number of amides is 1. The van der Waals surface area contributed by atoms with Crippen molar-refractivity contribution in [1.29, 1.82) is 0 Å². The Morgan fingerprint density at radius 1 is 1.12 bits per heavy atom. The number of likely N-dealkylation sites (tertiary alicyclic amines) is 1. The minimum Gasteiger partial charge on any atom is -0.352 e. The van der Waals surface area contributed by atoms with Gasteiger partial charge < -0.3 is 5.32 Å². The van der Waals surface area contributed by atoms with Gasteiger partial charge in [0, 0.05) is 37.7 Å². The summed E-state index contributed by atoms with van der Waals surface area (Å²) in [5, 5.41) is 3.11. The van der Waals surface area contributed by atoms with Crippen molar-refractivity contribution in [2.75, 3.05) is 19.6 Å². The summed E-state index contributed by atoms with van der Waals surface area (Å²) in [6.07, 6.45) is 0. The highest BCUT2D eigenvalue weighted by atomic mass is 16.1. The van der Waals surface area contributed by atoms with Crippen LogP contribution in [0.1, 0.15) is 38.5 Å². The number of rotatable bonds is 2. The molecular weight excluding hydrogens is 296 g/mol. The van der Waals surface area contributed by atoms with Crippen LogP contribution >= 0.6 is 0 Å². The molecule has 0 spiro atoms. The number of fused-ring (bicyclic) bond motifs is 3. The molecule has 1 amide bonds. The molecule has 2 aliphatic heterocycles. The second-order valence-corrected chi connectivity index (χ2v) is 7.29. The Kier molecular flexibility index (Phi) is 3.89. The van der Waals surface area contributed by atoms with Crippen molar-refractivity contribution in [3.8, 4) is 0 Å². The third kappa shape index (κ3) is 2.73. The van der Waals surface area contributed by atoms with E-state index < -0.39 is 0 Å². The van der Waals surface area contributed by atoms with E-state index in [4.69, 9.17) is 0 Å². The normalized spacial score (nSPS) is 23.3. The molecule has 0 bridgehead atoms. The van der Waals surface area contributed by atoms with Gasteiger partial charge in [-0.05, 0) is 42.5 Å². The Bertz CT molecular complexity index is 783. The molecule has 4 rings (SSSR count). The van der Waals surface area contributed by atoms with Crippen molar-refractivity contribution in [1.82, 2.24) is 10.2 Å². The third-order valence-corrected chi connectivity index (χ3v) is 5.54. The van der Waals surface area contributed by atoms with Gasteiger partial charge in [0.1, 0.15) is 0 Å². The van der Waals surface area contributed by atoms with Gasteiger partial charge in [0.2, 0.25) is 0 Å².